The van der Waals surface area contributed by atoms with Crippen LogP contribution in [-0.2, 0) is 0 Å². The smallest absolute Gasteiger partial charge is 0.00279 e. The molecule has 0 N–H and O–H groups in total. The average molecular weight is 260 g/mol. The Morgan fingerprint density at radius 2 is 1.47 bits per heavy atom. The summed E-state index contributed by atoms with van der Waals surface area (Å²) < 4.78 is 0. The maximum absolute atomic E-state index is 2.38. The summed E-state index contributed by atoms with van der Waals surface area (Å²) in [5, 5.41) is 5.69. The number of hydrogen-bond donors (Lipinski definition) is 0. The molecule has 0 bridgehead atoms. The lowest BCUT2D eigenvalue weighted by molar-refractivity contribution is 1.73. The van der Waals surface area contributed by atoms with E-state index < -0.39 is 0 Å². The lowest BCUT2D eigenvalue weighted by Crippen LogP contribution is -2.13. The van der Waals surface area contributed by atoms with Gasteiger partial charge in [0, 0.05) is 0 Å². The first kappa shape index (κ1) is 11.0. The molecule has 1 atom stereocenters. The van der Waals surface area contributed by atoms with Gasteiger partial charge in [-0.2, -0.15) is 0 Å². The zero-order valence-corrected chi connectivity index (χ0v) is 11.3. The zero-order chi connectivity index (χ0) is 12.7. The van der Waals surface area contributed by atoms with E-state index in [1.165, 1.54) is 26.9 Å². The Morgan fingerprint density at radius 3 is 2.32 bits per heavy atom. The van der Waals surface area contributed by atoms with Crippen LogP contribution < -0.4 is 10.6 Å². The van der Waals surface area contributed by atoms with E-state index in [4.69, 9.17) is 0 Å². The van der Waals surface area contributed by atoms with Crippen LogP contribution in [0, 0.1) is 0 Å². The van der Waals surface area contributed by atoms with Gasteiger partial charge in [0.05, 0.1) is 0 Å². The average Bonchev–Trinajstić information content (AvgIpc) is 2.49. The highest BCUT2D eigenvalue weighted by atomic mass is 31.1. The molecule has 0 aliphatic carbocycles. The molecular weight excluding hydrogens is 247 g/mol. The van der Waals surface area contributed by atoms with E-state index in [1.54, 1.807) is 0 Å². The van der Waals surface area contributed by atoms with Gasteiger partial charge in [-0.25, -0.2) is 0 Å². The number of benzene rings is 3. The Morgan fingerprint density at radius 1 is 0.684 bits per heavy atom. The van der Waals surface area contributed by atoms with Crippen molar-refractivity contribution in [1.82, 2.24) is 0 Å². The van der Waals surface area contributed by atoms with Crippen LogP contribution in [0.4, 0.5) is 0 Å². The zero-order valence-electron chi connectivity index (χ0n) is 10.5. The highest BCUT2D eigenvalue weighted by Gasteiger charge is 2.18. The number of hydrogen-bond acceptors (Lipinski definition) is 0. The van der Waals surface area contributed by atoms with Crippen molar-refractivity contribution in [3.63, 3.8) is 0 Å². The van der Waals surface area contributed by atoms with Gasteiger partial charge < -0.3 is 0 Å². The van der Waals surface area contributed by atoms with Gasteiger partial charge in [-0.05, 0) is 34.9 Å². The minimum Gasteiger partial charge on any atom is -0.0622 e. The van der Waals surface area contributed by atoms with E-state index in [0.717, 1.165) is 0 Å². The van der Waals surface area contributed by atoms with E-state index in [-0.39, 0.29) is 7.92 Å². The van der Waals surface area contributed by atoms with Crippen molar-refractivity contribution in [2.24, 2.45) is 0 Å². The lowest BCUT2D eigenvalue weighted by Gasteiger charge is -2.21. The molecule has 0 nitrogen and oxygen atoms in total. The fourth-order valence-corrected chi connectivity index (χ4v) is 4.90. The van der Waals surface area contributed by atoms with E-state index >= 15 is 0 Å². The summed E-state index contributed by atoms with van der Waals surface area (Å²) in [6.07, 6.45) is 2.29. The molecule has 4 rings (SSSR count). The van der Waals surface area contributed by atoms with Crippen LogP contribution in [0.25, 0.3) is 16.8 Å². The molecule has 0 radical (unpaired) electrons. The van der Waals surface area contributed by atoms with Gasteiger partial charge in [-0.15, -0.1) is 0 Å². The third-order valence-electron chi connectivity index (χ3n) is 3.61. The standard InChI is InChI=1S/C18H13P/c1-2-9-16(10-3-1)19-13-12-15-7-4-6-14-8-5-11-17(19)18(14)15/h1-13H. The van der Waals surface area contributed by atoms with Gasteiger partial charge in [0.2, 0.25) is 0 Å². The van der Waals surface area contributed by atoms with Crippen LogP contribution in [0.15, 0.2) is 72.5 Å². The molecule has 1 aliphatic heterocycles. The fourth-order valence-electron chi connectivity index (χ4n) is 2.74. The topological polar surface area (TPSA) is 0 Å². The molecule has 3 aromatic rings. The maximum atomic E-state index is 2.38. The van der Waals surface area contributed by atoms with Gasteiger partial charge in [0.1, 0.15) is 0 Å². The van der Waals surface area contributed by atoms with Gasteiger partial charge >= 0.3 is 0 Å². The summed E-state index contributed by atoms with van der Waals surface area (Å²) in [6.45, 7) is 0. The van der Waals surface area contributed by atoms with Crippen molar-refractivity contribution in [2.45, 2.75) is 0 Å². The Bertz CT molecular complexity index is 767. The maximum Gasteiger partial charge on any atom is -0.00279 e. The first-order valence-electron chi connectivity index (χ1n) is 6.48. The second-order valence-corrected chi connectivity index (χ2v) is 6.78. The normalized spacial score (nSPS) is 16.7. The van der Waals surface area contributed by atoms with Crippen molar-refractivity contribution in [1.29, 1.82) is 0 Å². The lowest BCUT2D eigenvalue weighted by atomic mass is 10.0. The van der Waals surface area contributed by atoms with Gasteiger partial charge in [-0.1, -0.05) is 78.6 Å². The van der Waals surface area contributed by atoms with E-state index in [2.05, 4.69) is 78.6 Å². The molecule has 90 valence electrons. The summed E-state index contributed by atoms with van der Waals surface area (Å²) in [5.41, 5.74) is 1.35. The van der Waals surface area contributed by atoms with E-state index in [1.807, 2.05) is 0 Å². The number of rotatable bonds is 1. The molecule has 0 saturated heterocycles. The molecule has 0 amide bonds. The molecule has 1 aliphatic rings. The van der Waals surface area contributed by atoms with Crippen LogP contribution in [0.1, 0.15) is 5.56 Å². The first-order valence-corrected chi connectivity index (χ1v) is 7.89. The predicted molar refractivity (Wildman–Crippen MR) is 85.6 cm³/mol. The molecular formula is C18H13P. The van der Waals surface area contributed by atoms with Crippen LogP contribution >= 0.6 is 7.92 Å². The predicted octanol–water partition coefficient (Wildman–Crippen LogP) is 4.26. The molecule has 19 heavy (non-hydrogen) atoms. The molecule has 1 unspecified atom stereocenters. The van der Waals surface area contributed by atoms with Crippen molar-refractivity contribution >= 4 is 35.4 Å². The second kappa shape index (κ2) is 4.33. The van der Waals surface area contributed by atoms with Gasteiger partial charge in [0.15, 0.2) is 0 Å². The van der Waals surface area contributed by atoms with Crippen LogP contribution in [-0.4, -0.2) is 0 Å². The first-order chi connectivity index (χ1) is 9.43. The third-order valence-corrected chi connectivity index (χ3v) is 5.81. The minimum absolute atomic E-state index is 0.353. The van der Waals surface area contributed by atoms with Crippen LogP contribution in [0.3, 0.4) is 0 Å². The van der Waals surface area contributed by atoms with Crippen molar-refractivity contribution < 1.29 is 0 Å². The molecule has 3 aromatic carbocycles. The SMILES string of the molecule is C1=CP(c2ccccc2)c2cccc3cccc1c23. The van der Waals surface area contributed by atoms with Crippen molar-refractivity contribution in [3.05, 3.63) is 78.1 Å². The quantitative estimate of drug-likeness (QED) is 0.573. The largest absolute Gasteiger partial charge is 0.0622 e. The Hall–Kier alpha value is -1.91. The summed E-state index contributed by atoms with van der Waals surface area (Å²) in [7, 11) is -0.353. The highest BCUT2D eigenvalue weighted by Crippen LogP contribution is 2.42. The molecule has 0 aromatic heterocycles. The summed E-state index contributed by atoms with van der Waals surface area (Å²) in [5.74, 6) is 2.38. The molecule has 0 fully saturated rings. The van der Waals surface area contributed by atoms with Crippen LogP contribution in [0.2, 0.25) is 0 Å². The van der Waals surface area contributed by atoms with Crippen LogP contribution in [0.5, 0.6) is 0 Å². The van der Waals surface area contributed by atoms with Crippen molar-refractivity contribution in [3.8, 4) is 0 Å². The summed E-state index contributed by atoms with van der Waals surface area (Å²) in [6, 6.07) is 24.1. The highest BCUT2D eigenvalue weighted by molar-refractivity contribution is 7.76. The summed E-state index contributed by atoms with van der Waals surface area (Å²) in [4.78, 5) is 0. The minimum atomic E-state index is -0.353. The van der Waals surface area contributed by atoms with E-state index in [9.17, 15) is 0 Å². The van der Waals surface area contributed by atoms with Gasteiger partial charge in [0.25, 0.3) is 0 Å². The van der Waals surface area contributed by atoms with Crippen molar-refractivity contribution in [2.75, 3.05) is 0 Å². The monoisotopic (exact) mass is 260 g/mol. The third kappa shape index (κ3) is 1.72. The molecule has 1 heterocycles. The second-order valence-electron chi connectivity index (χ2n) is 4.74. The Labute approximate surface area is 114 Å². The molecule has 0 spiro atoms. The van der Waals surface area contributed by atoms with E-state index in [0.29, 0.717) is 0 Å². The molecule has 0 saturated carbocycles. The molecule has 1 heteroatoms. The Kier molecular flexibility index (Phi) is 2.50. The Balaban J connectivity index is 2.01. The fraction of sp³-hybridized carbons (Fsp3) is 0. The summed E-state index contributed by atoms with van der Waals surface area (Å²) >= 11 is 0. The van der Waals surface area contributed by atoms with Gasteiger partial charge in [-0.3, -0.25) is 0 Å².